The highest BCUT2D eigenvalue weighted by molar-refractivity contribution is 7.92. The number of carbonyl (C=O) groups excluding carboxylic acids is 1. The molecule has 4 rings (SSSR count). The molecular weight excluding hydrogens is 630 g/mol. The van der Waals surface area contributed by atoms with E-state index in [1.54, 1.807) is 37.3 Å². The van der Waals surface area contributed by atoms with Crippen LogP contribution in [0.5, 0.6) is 0 Å². The number of rotatable bonds is 11. The van der Waals surface area contributed by atoms with Crippen LogP contribution >= 0.6 is 48.0 Å². The quantitative estimate of drug-likeness (QED) is 0.257. The predicted octanol–water partition coefficient (Wildman–Crippen LogP) is 5.28. The Morgan fingerprint density at radius 2 is 1.71 bits per heavy atom. The van der Waals surface area contributed by atoms with Crippen LogP contribution < -0.4 is 20.3 Å². The van der Waals surface area contributed by atoms with Gasteiger partial charge in [-0.3, -0.25) is 20.2 Å². The SMILES string of the molecule is CC(OCc1ccc(Cl)c(Cl)c1)C(=O)C1C(NCc2ccccc2)NCCN1c1ccccc1NS(C)(=O)=O.Cl.Cl. The van der Waals surface area contributed by atoms with Gasteiger partial charge in [0.25, 0.3) is 0 Å². The van der Waals surface area contributed by atoms with Crippen LogP contribution in [0.25, 0.3) is 0 Å². The Bertz CT molecular complexity index is 1400. The number of para-hydroxylation sites is 2. The summed E-state index contributed by atoms with van der Waals surface area (Å²) in [5, 5.41) is 7.77. The van der Waals surface area contributed by atoms with E-state index in [1.807, 2.05) is 47.4 Å². The van der Waals surface area contributed by atoms with Crippen molar-refractivity contribution in [3.05, 3.63) is 94.0 Å². The second kappa shape index (κ2) is 16.0. The summed E-state index contributed by atoms with van der Waals surface area (Å²) in [5.41, 5.74) is 2.90. The van der Waals surface area contributed by atoms with Gasteiger partial charge in [-0.05, 0) is 42.3 Å². The van der Waals surface area contributed by atoms with Crippen LogP contribution in [0.2, 0.25) is 10.0 Å². The minimum atomic E-state index is -3.54. The first kappa shape index (κ1) is 35.1. The number of halogens is 4. The molecule has 224 valence electrons. The molecule has 0 bridgehead atoms. The van der Waals surface area contributed by atoms with Crippen LogP contribution in [0.4, 0.5) is 11.4 Å². The minimum Gasteiger partial charge on any atom is -0.366 e. The number of hydrogen-bond donors (Lipinski definition) is 3. The molecule has 41 heavy (non-hydrogen) atoms. The number of piperazine rings is 1. The maximum atomic E-state index is 14.0. The van der Waals surface area contributed by atoms with Gasteiger partial charge in [-0.1, -0.05) is 71.7 Å². The zero-order valence-corrected chi connectivity index (χ0v) is 26.5. The second-order valence-electron chi connectivity index (χ2n) is 9.43. The fourth-order valence-corrected chi connectivity index (χ4v) is 5.44. The number of anilines is 2. The van der Waals surface area contributed by atoms with Gasteiger partial charge in [-0.25, -0.2) is 8.42 Å². The van der Waals surface area contributed by atoms with Crippen molar-refractivity contribution in [2.24, 2.45) is 0 Å². The Labute approximate surface area is 264 Å². The van der Waals surface area contributed by atoms with Gasteiger partial charge >= 0.3 is 0 Å². The normalized spacial score (nSPS) is 17.6. The lowest BCUT2D eigenvalue weighted by atomic mass is 9.99. The third-order valence-corrected chi connectivity index (χ3v) is 7.75. The molecule has 3 unspecified atom stereocenters. The molecule has 13 heteroatoms. The molecule has 3 N–H and O–H groups in total. The van der Waals surface area contributed by atoms with Crippen molar-refractivity contribution in [3.8, 4) is 0 Å². The molecule has 1 aliphatic rings. The molecule has 1 saturated heterocycles. The highest BCUT2D eigenvalue weighted by atomic mass is 35.5. The van der Waals surface area contributed by atoms with E-state index in [0.29, 0.717) is 41.1 Å². The van der Waals surface area contributed by atoms with Gasteiger partial charge in [0.05, 0.1) is 40.4 Å². The van der Waals surface area contributed by atoms with Crippen molar-refractivity contribution in [1.29, 1.82) is 0 Å². The summed E-state index contributed by atoms with van der Waals surface area (Å²) in [7, 11) is -3.54. The van der Waals surface area contributed by atoms with Gasteiger partial charge in [-0.15, -0.1) is 24.8 Å². The van der Waals surface area contributed by atoms with E-state index in [4.69, 9.17) is 27.9 Å². The first-order valence-electron chi connectivity index (χ1n) is 12.6. The molecule has 0 amide bonds. The van der Waals surface area contributed by atoms with Gasteiger partial charge in [0.2, 0.25) is 10.0 Å². The van der Waals surface area contributed by atoms with Gasteiger partial charge in [0.15, 0.2) is 5.78 Å². The molecule has 1 fully saturated rings. The Kier molecular flexibility index (Phi) is 13.7. The third kappa shape index (κ3) is 9.73. The van der Waals surface area contributed by atoms with E-state index >= 15 is 0 Å². The summed E-state index contributed by atoms with van der Waals surface area (Å²) in [4.78, 5) is 15.9. The van der Waals surface area contributed by atoms with E-state index in [9.17, 15) is 13.2 Å². The number of sulfonamides is 1. The number of hydrogen-bond acceptors (Lipinski definition) is 7. The lowest BCUT2D eigenvalue weighted by Gasteiger charge is -2.44. The van der Waals surface area contributed by atoms with E-state index in [2.05, 4.69) is 15.4 Å². The van der Waals surface area contributed by atoms with Crippen molar-refractivity contribution >= 4 is 75.2 Å². The molecule has 0 radical (unpaired) electrons. The molecule has 3 aromatic rings. The van der Waals surface area contributed by atoms with Crippen LogP contribution in [-0.4, -0.2) is 51.9 Å². The van der Waals surface area contributed by atoms with Crippen LogP contribution in [0, 0.1) is 0 Å². The molecule has 0 saturated carbocycles. The van der Waals surface area contributed by atoms with Gasteiger partial charge in [0, 0.05) is 19.6 Å². The molecule has 3 aromatic carbocycles. The van der Waals surface area contributed by atoms with E-state index in [0.717, 1.165) is 17.4 Å². The molecular formula is C28H34Cl4N4O4S. The molecule has 1 aliphatic heterocycles. The van der Waals surface area contributed by atoms with Crippen LogP contribution in [0.15, 0.2) is 72.8 Å². The summed E-state index contributed by atoms with van der Waals surface area (Å²) < 4.78 is 32.8. The van der Waals surface area contributed by atoms with E-state index < -0.39 is 28.3 Å². The van der Waals surface area contributed by atoms with E-state index in [-0.39, 0.29) is 37.2 Å². The molecule has 0 spiro atoms. The molecule has 3 atom stereocenters. The Morgan fingerprint density at radius 3 is 2.39 bits per heavy atom. The number of Topliss-reactive ketones (excluding diaryl/α,β-unsaturated/α-hetero) is 1. The number of nitrogens with one attached hydrogen (secondary N) is 3. The zero-order valence-electron chi connectivity index (χ0n) is 22.5. The first-order chi connectivity index (χ1) is 18.6. The molecule has 0 aliphatic carbocycles. The van der Waals surface area contributed by atoms with Gasteiger partial charge in [0.1, 0.15) is 12.1 Å². The number of ether oxygens (including phenoxy) is 1. The van der Waals surface area contributed by atoms with Crippen molar-refractivity contribution in [2.75, 3.05) is 29.0 Å². The average Bonchev–Trinajstić information content (AvgIpc) is 2.92. The maximum Gasteiger partial charge on any atom is 0.229 e. The van der Waals surface area contributed by atoms with Crippen molar-refractivity contribution < 1.29 is 17.9 Å². The summed E-state index contributed by atoms with van der Waals surface area (Å²) in [6.45, 7) is 3.52. The number of ketones is 1. The Hall–Kier alpha value is -2.08. The molecule has 8 nitrogen and oxygen atoms in total. The average molecular weight is 664 g/mol. The highest BCUT2D eigenvalue weighted by Crippen LogP contribution is 2.31. The molecule has 0 aromatic heterocycles. The van der Waals surface area contributed by atoms with Gasteiger partial charge < -0.3 is 9.64 Å². The van der Waals surface area contributed by atoms with E-state index in [1.165, 1.54) is 0 Å². The summed E-state index contributed by atoms with van der Waals surface area (Å²) >= 11 is 12.2. The monoisotopic (exact) mass is 662 g/mol. The number of benzene rings is 3. The number of carbonyl (C=O) groups is 1. The largest absolute Gasteiger partial charge is 0.366 e. The summed E-state index contributed by atoms with van der Waals surface area (Å²) in [6.07, 6.45) is -0.0791. The third-order valence-electron chi connectivity index (χ3n) is 6.42. The number of nitrogens with zero attached hydrogens (tertiary/aromatic N) is 1. The summed E-state index contributed by atoms with van der Waals surface area (Å²) in [5.74, 6) is -0.151. The second-order valence-corrected chi connectivity index (χ2v) is 12.0. The lowest BCUT2D eigenvalue weighted by Crippen LogP contribution is -2.67. The fraction of sp³-hybridized carbons (Fsp3) is 0.321. The maximum absolute atomic E-state index is 14.0. The molecule has 1 heterocycles. The Morgan fingerprint density at radius 1 is 1.02 bits per heavy atom. The smallest absolute Gasteiger partial charge is 0.229 e. The standard InChI is InChI=1S/C28H32Cl2N4O4S.2ClH/c1-19(38-18-21-12-13-22(29)23(30)16-21)27(35)26-28(32-17-20-8-4-3-5-9-20)31-14-15-34(26)25-11-7-6-10-24(25)33-39(2,36)37;;/h3-13,16,19,26,28,31-33H,14-15,17-18H2,1-2H3;2*1H. The highest BCUT2D eigenvalue weighted by Gasteiger charge is 2.40. The van der Waals surface area contributed by atoms with Crippen LogP contribution in [0.3, 0.4) is 0 Å². The van der Waals surface area contributed by atoms with Crippen molar-refractivity contribution in [2.45, 2.75) is 38.4 Å². The topological polar surface area (TPSA) is 99.8 Å². The first-order valence-corrected chi connectivity index (χ1v) is 15.2. The zero-order chi connectivity index (χ0) is 28.0. The predicted molar refractivity (Wildman–Crippen MR) is 171 cm³/mol. The van der Waals surface area contributed by atoms with Crippen LogP contribution in [-0.2, 0) is 32.7 Å². The Balaban J connectivity index is 0.00000294. The van der Waals surface area contributed by atoms with Crippen molar-refractivity contribution in [1.82, 2.24) is 10.6 Å². The summed E-state index contributed by atoms with van der Waals surface area (Å²) in [6, 6.07) is 21.5. The van der Waals surface area contributed by atoms with Gasteiger partial charge in [-0.2, -0.15) is 0 Å². The fourth-order valence-electron chi connectivity index (χ4n) is 4.55. The van der Waals surface area contributed by atoms with Crippen LogP contribution in [0.1, 0.15) is 18.1 Å². The van der Waals surface area contributed by atoms with Crippen molar-refractivity contribution in [3.63, 3.8) is 0 Å². The lowest BCUT2D eigenvalue weighted by molar-refractivity contribution is -0.132. The minimum absolute atomic E-state index is 0.